The van der Waals surface area contributed by atoms with Crippen LogP contribution in [0.3, 0.4) is 0 Å². The smallest absolute Gasteiger partial charge is 0.236 e. The summed E-state index contributed by atoms with van der Waals surface area (Å²) in [6.07, 6.45) is 0.904. The standard InChI is InChI=1S/C10H15N5O/c1-6-13-7(4-9(12)14-6)8-2-3-15(8)10(16)5-11/h4,8H,2-3,5,11H2,1H3,(H2,12,13,14)/t8-/m1/s1. The Bertz CT molecular complexity index is 399. The van der Waals surface area contributed by atoms with E-state index in [1.807, 2.05) is 0 Å². The largest absolute Gasteiger partial charge is 0.384 e. The molecule has 2 rings (SSSR count). The van der Waals surface area contributed by atoms with E-state index in [2.05, 4.69) is 9.97 Å². The molecule has 1 amide bonds. The van der Waals surface area contributed by atoms with Crippen LogP contribution in [0.15, 0.2) is 6.07 Å². The van der Waals surface area contributed by atoms with Crippen LogP contribution in [0, 0.1) is 6.92 Å². The Morgan fingerprint density at radius 2 is 2.38 bits per heavy atom. The lowest BCUT2D eigenvalue weighted by Gasteiger charge is -2.40. The van der Waals surface area contributed by atoms with Gasteiger partial charge in [0.05, 0.1) is 18.3 Å². The first-order valence-electron chi connectivity index (χ1n) is 5.22. The number of hydrogen-bond acceptors (Lipinski definition) is 5. The van der Waals surface area contributed by atoms with Crippen molar-refractivity contribution in [2.24, 2.45) is 5.73 Å². The molecule has 0 bridgehead atoms. The zero-order valence-electron chi connectivity index (χ0n) is 9.18. The molecule has 1 saturated heterocycles. The Kier molecular flexibility index (Phi) is 2.74. The molecule has 6 nitrogen and oxygen atoms in total. The van der Waals surface area contributed by atoms with Gasteiger partial charge in [-0.15, -0.1) is 0 Å². The van der Waals surface area contributed by atoms with Gasteiger partial charge in [0.1, 0.15) is 11.6 Å². The van der Waals surface area contributed by atoms with Crippen molar-refractivity contribution < 1.29 is 4.79 Å². The lowest BCUT2D eigenvalue weighted by Crippen LogP contribution is -2.48. The predicted molar refractivity (Wildman–Crippen MR) is 59.3 cm³/mol. The van der Waals surface area contributed by atoms with E-state index in [9.17, 15) is 4.79 Å². The van der Waals surface area contributed by atoms with Gasteiger partial charge in [0.2, 0.25) is 5.91 Å². The summed E-state index contributed by atoms with van der Waals surface area (Å²) in [4.78, 5) is 21.5. The quantitative estimate of drug-likeness (QED) is 0.708. The number of rotatable bonds is 2. The maximum absolute atomic E-state index is 11.5. The van der Waals surface area contributed by atoms with E-state index in [4.69, 9.17) is 11.5 Å². The fourth-order valence-electron chi connectivity index (χ4n) is 1.90. The van der Waals surface area contributed by atoms with Crippen LogP contribution < -0.4 is 11.5 Å². The average Bonchev–Trinajstić information content (AvgIpc) is 2.14. The summed E-state index contributed by atoms with van der Waals surface area (Å²) in [5.41, 5.74) is 11.8. The van der Waals surface area contributed by atoms with E-state index in [1.165, 1.54) is 0 Å². The summed E-state index contributed by atoms with van der Waals surface area (Å²) in [5.74, 6) is 1.02. The highest BCUT2D eigenvalue weighted by atomic mass is 16.2. The van der Waals surface area contributed by atoms with E-state index >= 15 is 0 Å². The molecular formula is C10H15N5O. The van der Waals surface area contributed by atoms with Crippen LogP contribution in [0.25, 0.3) is 0 Å². The Morgan fingerprint density at radius 3 is 2.88 bits per heavy atom. The molecule has 1 aliphatic rings. The summed E-state index contributed by atoms with van der Waals surface area (Å²) in [7, 11) is 0. The lowest BCUT2D eigenvalue weighted by atomic mass is 9.99. The highest BCUT2D eigenvalue weighted by Gasteiger charge is 2.33. The molecule has 4 N–H and O–H groups in total. The lowest BCUT2D eigenvalue weighted by molar-refractivity contribution is -0.137. The molecule has 0 saturated carbocycles. The monoisotopic (exact) mass is 221 g/mol. The van der Waals surface area contributed by atoms with Crippen molar-refractivity contribution in [1.82, 2.24) is 14.9 Å². The number of hydrogen-bond donors (Lipinski definition) is 2. The van der Waals surface area contributed by atoms with Gasteiger partial charge in [-0.3, -0.25) is 4.79 Å². The van der Waals surface area contributed by atoms with Gasteiger partial charge in [0.25, 0.3) is 0 Å². The van der Waals surface area contributed by atoms with Crippen molar-refractivity contribution in [1.29, 1.82) is 0 Å². The van der Waals surface area contributed by atoms with Gasteiger partial charge in [-0.2, -0.15) is 0 Å². The van der Waals surface area contributed by atoms with Gasteiger partial charge in [-0.25, -0.2) is 9.97 Å². The number of amides is 1. The SMILES string of the molecule is Cc1nc(N)cc([C@H]2CCN2C(=O)CN)n1. The maximum Gasteiger partial charge on any atom is 0.236 e. The van der Waals surface area contributed by atoms with Crippen molar-refractivity contribution in [3.05, 3.63) is 17.6 Å². The topological polar surface area (TPSA) is 98.1 Å². The van der Waals surface area contributed by atoms with Gasteiger partial charge in [-0.1, -0.05) is 0 Å². The van der Waals surface area contributed by atoms with Crippen molar-refractivity contribution in [2.45, 2.75) is 19.4 Å². The number of likely N-dealkylation sites (tertiary alicyclic amines) is 1. The second-order valence-electron chi connectivity index (χ2n) is 3.86. The normalized spacial score (nSPS) is 19.4. The van der Waals surface area contributed by atoms with Crippen LogP contribution >= 0.6 is 0 Å². The molecule has 16 heavy (non-hydrogen) atoms. The molecule has 1 aliphatic heterocycles. The second kappa shape index (κ2) is 4.05. The highest BCUT2D eigenvalue weighted by molar-refractivity contribution is 5.79. The van der Waals surface area contributed by atoms with Crippen LogP contribution in [0.2, 0.25) is 0 Å². The van der Waals surface area contributed by atoms with Crippen molar-refractivity contribution in [2.75, 3.05) is 18.8 Å². The molecule has 1 fully saturated rings. The van der Waals surface area contributed by atoms with Gasteiger partial charge in [0, 0.05) is 12.6 Å². The second-order valence-corrected chi connectivity index (χ2v) is 3.86. The maximum atomic E-state index is 11.5. The third-order valence-corrected chi connectivity index (χ3v) is 2.73. The van der Waals surface area contributed by atoms with Crippen LogP contribution in [0.5, 0.6) is 0 Å². The van der Waals surface area contributed by atoms with Crippen molar-refractivity contribution in [3.8, 4) is 0 Å². The fraction of sp³-hybridized carbons (Fsp3) is 0.500. The molecule has 86 valence electrons. The first-order chi connectivity index (χ1) is 7.61. The minimum absolute atomic E-state index is 0.0139. The Balaban J connectivity index is 2.21. The number of anilines is 1. The van der Waals surface area contributed by atoms with Crippen LogP contribution in [-0.2, 0) is 4.79 Å². The zero-order valence-corrected chi connectivity index (χ0v) is 9.18. The first-order valence-corrected chi connectivity index (χ1v) is 5.22. The third kappa shape index (κ3) is 1.83. The van der Waals surface area contributed by atoms with Crippen LogP contribution in [0.4, 0.5) is 5.82 Å². The van der Waals surface area contributed by atoms with E-state index in [1.54, 1.807) is 17.9 Å². The molecule has 2 heterocycles. The number of nitrogens with zero attached hydrogens (tertiary/aromatic N) is 3. The Labute approximate surface area is 93.7 Å². The molecule has 0 aromatic carbocycles. The van der Waals surface area contributed by atoms with E-state index < -0.39 is 0 Å². The van der Waals surface area contributed by atoms with Crippen molar-refractivity contribution >= 4 is 11.7 Å². The summed E-state index contributed by atoms with van der Waals surface area (Å²) in [6, 6.07) is 1.73. The molecular weight excluding hydrogens is 206 g/mol. The molecule has 1 aromatic heterocycles. The van der Waals surface area contributed by atoms with E-state index in [0.29, 0.717) is 11.6 Å². The van der Waals surface area contributed by atoms with Crippen LogP contribution in [-0.4, -0.2) is 33.9 Å². The van der Waals surface area contributed by atoms with Crippen molar-refractivity contribution in [3.63, 3.8) is 0 Å². The molecule has 0 spiro atoms. The number of carbonyl (C=O) groups is 1. The van der Waals surface area contributed by atoms with Crippen LogP contribution in [0.1, 0.15) is 24.0 Å². The minimum atomic E-state index is -0.0499. The van der Waals surface area contributed by atoms with Gasteiger partial charge in [-0.05, 0) is 13.3 Å². The number of aryl methyl sites for hydroxylation is 1. The third-order valence-electron chi connectivity index (χ3n) is 2.73. The summed E-state index contributed by atoms with van der Waals surface area (Å²) >= 11 is 0. The molecule has 0 unspecified atom stereocenters. The molecule has 1 aromatic rings. The minimum Gasteiger partial charge on any atom is -0.384 e. The van der Waals surface area contributed by atoms with Gasteiger partial charge < -0.3 is 16.4 Å². The molecule has 0 radical (unpaired) electrons. The average molecular weight is 221 g/mol. The van der Waals surface area contributed by atoms with E-state index in [0.717, 1.165) is 18.7 Å². The predicted octanol–water partition coefficient (Wildman–Crippen LogP) is -0.401. The zero-order chi connectivity index (χ0) is 11.7. The summed E-state index contributed by atoms with van der Waals surface area (Å²) in [5, 5.41) is 0. The van der Waals surface area contributed by atoms with Gasteiger partial charge in [0.15, 0.2) is 0 Å². The Morgan fingerprint density at radius 1 is 1.62 bits per heavy atom. The van der Waals surface area contributed by atoms with Gasteiger partial charge >= 0.3 is 0 Å². The number of nitrogen functional groups attached to an aromatic ring is 1. The number of aromatic nitrogens is 2. The molecule has 0 aliphatic carbocycles. The molecule has 1 atom stereocenters. The van der Waals surface area contributed by atoms with E-state index in [-0.39, 0.29) is 18.5 Å². The Hall–Kier alpha value is -1.69. The number of nitrogens with two attached hydrogens (primary N) is 2. The summed E-state index contributed by atoms with van der Waals surface area (Å²) < 4.78 is 0. The summed E-state index contributed by atoms with van der Waals surface area (Å²) in [6.45, 7) is 2.56. The fourth-order valence-corrected chi connectivity index (χ4v) is 1.90. The first kappa shape index (κ1) is 10.8. The molecule has 6 heteroatoms. The highest BCUT2D eigenvalue weighted by Crippen LogP contribution is 2.32. The number of carbonyl (C=O) groups excluding carboxylic acids is 1.